The predicted octanol–water partition coefficient (Wildman–Crippen LogP) is 15.9. The van der Waals surface area contributed by atoms with Gasteiger partial charge in [0.25, 0.3) is 0 Å². The SMILES string of the molecule is CCCCCC/C=C\CCCCCCCC(=O)OCCCCCCCCCCC/C=C\CCCCCCCC(=O)NC(CO)C(O)CCCCCCCCCCCCCC. The Hall–Kier alpha value is -1.66. The van der Waals surface area contributed by atoms with Crippen LogP contribution in [0.4, 0.5) is 0 Å². The molecule has 60 heavy (non-hydrogen) atoms. The first kappa shape index (κ1) is 58.3. The number of unbranched alkanes of at least 4 members (excludes halogenated alkanes) is 34. The Bertz CT molecular complexity index is 935. The summed E-state index contributed by atoms with van der Waals surface area (Å²) in [6, 6.07) is -0.550. The number of esters is 1. The van der Waals surface area contributed by atoms with E-state index in [-0.39, 0.29) is 18.5 Å². The Balaban J connectivity index is 3.45. The minimum absolute atomic E-state index is 0.00655. The standard InChI is InChI=1S/C54H103NO5/c1-3-5-7-9-11-13-15-23-28-32-36-40-44-48-54(59)60-49-45-41-37-33-29-25-22-20-18-17-19-21-24-27-31-35-39-43-47-53(58)55-51(50-56)52(57)46-42-38-34-30-26-16-14-12-10-8-6-4-2/h13,15,19,21,51-52,56-57H,3-12,14,16-18,20,22-50H2,1-2H3,(H,55,58)/b15-13-,21-19-. The first-order chi connectivity index (χ1) is 29.5. The molecule has 0 radical (unpaired) electrons. The molecule has 0 heterocycles. The monoisotopic (exact) mass is 846 g/mol. The van der Waals surface area contributed by atoms with Crippen LogP contribution in [0.3, 0.4) is 0 Å². The molecule has 0 rings (SSSR count). The van der Waals surface area contributed by atoms with Crippen LogP contribution in [0.1, 0.15) is 284 Å². The molecule has 0 bridgehead atoms. The molecule has 0 aromatic heterocycles. The first-order valence-electron chi connectivity index (χ1n) is 26.6. The van der Waals surface area contributed by atoms with E-state index in [1.807, 2.05) is 0 Å². The molecule has 0 aromatic rings. The third-order valence-corrected chi connectivity index (χ3v) is 12.2. The van der Waals surface area contributed by atoms with Crippen molar-refractivity contribution in [1.29, 1.82) is 0 Å². The summed E-state index contributed by atoms with van der Waals surface area (Å²) in [5.41, 5.74) is 0. The summed E-state index contributed by atoms with van der Waals surface area (Å²) < 4.78 is 5.46. The number of hydrogen-bond acceptors (Lipinski definition) is 5. The summed E-state index contributed by atoms with van der Waals surface area (Å²) in [4.78, 5) is 24.4. The second-order valence-corrected chi connectivity index (χ2v) is 18.2. The van der Waals surface area contributed by atoms with Gasteiger partial charge in [0.1, 0.15) is 0 Å². The second-order valence-electron chi connectivity index (χ2n) is 18.2. The van der Waals surface area contributed by atoms with Crippen molar-refractivity contribution in [3.8, 4) is 0 Å². The van der Waals surface area contributed by atoms with Gasteiger partial charge in [0.05, 0.1) is 25.4 Å². The number of allylic oxidation sites excluding steroid dienone is 4. The van der Waals surface area contributed by atoms with Gasteiger partial charge in [0.15, 0.2) is 0 Å². The number of hydrogen-bond donors (Lipinski definition) is 3. The van der Waals surface area contributed by atoms with E-state index in [1.54, 1.807) is 0 Å². The fraction of sp³-hybridized carbons (Fsp3) is 0.889. The van der Waals surface area contributed by atoms with E-state index >= 15 is 0 Å². The van der Waals surface area contributed by atoms with Gasteiger partial charge >= 0.3 is 5.97 Å². The molecule has 2 unspecified atom stereocenters. The highest BCUT2D eigenvalue weighted by Gasteiger charge is 2.20. The molecule has 0 spiro atoms. The number of aliphatic hydroxyl groups excluding tert-OH is 2. The third-order valence-electron chi connectivity index (χ3n) is 12.2. The van der Waals surface area contributed by atoms with Crippen LogP contribution in [0.5, 0.6) is 0 Å². The summed E-state index contributed by atoms with van der Waals surface area (Å²) in [5, 5.41) is 23.2. The molecule has 0 aromatic carbocycles. The highest BCUT2D eigenvalue weighted by atomic mass is 16.5. The predicted molar refractivity (Wildman–Crippen MR) is 260 cm³/mol. The molecule has 6 heteroatoms. The van der Waals surface area contributed by atoms with Gasteiger partial charge in [-0.15, -0.1) is 0 Å². The number of rotatable bonds is 49. The van der Waals surface area contributed by atoms with Gasteiger partial charge in [-0.2, -0.15) is 0 Å². The van der Waals surface area contributed by atoms with Gasteiger partial charge in [-0.3, -0.25) is 9.59 Å². The fourth-order valence-corrected chi connectivity index (χ4v) is 8.10. The van der Waals surface area contributed by atoms with Gasteiger partial charge in [-0.1, -0.05) is 218 Å². The van der Waals surface area contributed by atoms with E-state index < -0.39 is 12.1 Å². The van der Waals surface area contributed by atoms with Crippen molar-refractivity contribution >= 4 is 11.9 Å². The van der Waals surface area contributed by atoms with Crippen molar-refractivity contribution in [2.24, 2.45) is 0 Å². The van der Waals surface area contributed by atoms with Gasteiger partial charge in [0.2, 0.25) is 5.91 Å². The summed E-state index contributed by atoms with van der Waals surface area (Å²) >= 11 is 0. The number of aliphatic hydroxyl groups is 2. The van der Waals surface area contributed by atoms with Crippen LogP contribution in [-0.4, -0.2) is 47.4 Å². The van der Waals surface area contributed by atoms with E-state index in [1.165, 1.54) is 193 Å². The van der Waals surface area contributed by atoms with Gasteiger partial charge in [-0.05, 0) is 77.0 Å². The van der Waals surface area contributed by atoms with Gasteiger partial charge in [0, 0.05) is 12.8 Å². The van der Waals surface area contributed by atoms with Crippen LogP contribution < -0.4 is 5.32 Å². The fourth-order valence-electron chi connectivity index (χ4n) is 8.10. The molecule has 2 atom stereocenters. The zero-order valence-electron chi connectivity index (χ0n) is 40.2. The van der Waals surface area contributed by atoms with Gasteiger partial charge < -0.3 is 20.3 Å². The van der Waals surface area contributed by atoms with Crippen molar-refractivity contribution in [2.45, 2.75) is 296 Å². The summed E-state index contributed by atoms with van der Waals surface area (Å²) in [6.07, 6.45) is 58.7. The van der Waals surface area contributed by atoms with Gasteiger partial charge in [-0.25, -0.2) is 0 Å². The number of carbonyl (C=O) groups is 2. The maximum absolute atomic E-state index is 12.4. The summed E-state index contributed by atoms with van der Waals surface area (Å²) in [7, 11) is 0. The second kappa shape index (κ2) is 50.0. The molecule has 3 N–H and O–H groups in total. The highest BCUT2D eigenvalue weighted by molar-refractivity contribution is 5.76. The van der Waals surface area contributed by atoms with E-state index in [0.29, 0.717) is 25.9 Å². The minimum atomic E-state index is -0.671. The van der Waals surface area contributed by atoms with Crippen LogP contribution in [0.15, 0.2) is 24.3 Å². The van der Waals surface area contributed by atoms with E-state index in [4.69, 9.17) is 4.74 Å². The molecule has 0 aliphatic rings. The normalized spacial score (nSPS) is 12.8. The third kappa shape index (κ3) is 45.9. The molecule has 354 valence electrons. The maximum atomic E-state index is 12.4. The van der Waals surface area contributed by atoms with Crippen molar-refractivity contribution in [3.63, 3.8) is 0 Å². The summed E-state index contributed by atoms with van der Waals surface area (Å²) in [6.45, 7) is 4.91. The first-order valence-corrected chi connectivity index (χ1v) is 26.6. The van der Waals surface area contributed by atoms with E-state index in [0.717, 1.165) is 57.8 Å². The largest absolute Gasteiger partial charge is 0.466 e. The Labute approximate surface area is 373 Å². The van der Waals surface area contributed by atoms with Crippen LogP contribution in [0, 0.1) is 0 Å². The lowest BCUT2D eigenvalue weighted by atomic mass is 10.0. The lowest BCUT2D eigenvalue weighted by Gasteiger charge is -2.22. The van der Waals surface area contributed by atoms with Crippen molar-refractivity contribution in [3.05, 3.63) is 24.3 Å². The van der Waals surface area contributed by atoms with Crippen LogP contribution in [0.2, 0.25) is 0 Å². The summed E-state index contributed by atoms with van der Waals surface area (Å²) in [5.74, 6) is -0.0567. The van der Waals surface area contributed by atoms with Crippen molar-refractivity contribution in [1.82, 2.24) is 5.32 Å². The van der Waals surface area contributed by atoms with Crippen LogP contribution >= 0.6 is 0 Å². The Morgan fingerprint density at radius 1 is 0.450 bits per heavy atom. The lowest BCUT2D eigenvalue weighted by molar-refractivity contribution is -0.143. The number of ether oxygens (including phenoxy) is 1. The Morgan fingerprint density at radius 3 is 1.20 bits per heavy atom. The molecule has 0 fully saturated rings. The van der Waals surface area contributed by atoms with Crippen LogP contribution in [0.25, 0.3) is 0 Å². The lowest BCUT2D eigenvalue weighted by Crippen LogP contribution is -2.45. The molecule has 1 amide bonds. The Morgan fingerprint density at radius 2 is 0.783 bits per heavy atom. The average Bonchev–Trinajstić information content (AvgIpc) is 3.25. The maximum Gasteiger partial charge on any atom is 0.305 e. The average molecular weight is 846 g/mol. The van der Waals surface area contributed by atoms with Crippen LogP contribution in [-0.2, 0) is 14.3 Å². The topological polar surface area (TPSA) is 95.9 Å². The van der Waals surface area contributed by atoms with Crippen molar-refractivity contribution < 1.29 is 24.5 Å². The zero-order chi connectivity index (χ0) is 43.7. The molecular formula is C54H103NO5. The number of nitrogens with one attached hydrogen (secondary N) is 1. The Kier molecular flexibility index (Phi) is 48.6. The quantitative estimate of drug-likeness (QED) is 0.0322. The zero-order valence-corrected chi connectivity index (χ0v) is 40.2. The molecule has 0 aliphatic carbocycles. The number of amides is 1. The molecule has 0 aliphatic heterocycles. The molecular weight excluding hydrogens is 743 g/mol. The van der Waals surface area contributed by atoms with Crippen molar-refractivity contribution in [2.75, 3.05) is 13.2 Å². The smallest absolute Gasteiger partial charge is 0.305 e. The molecule has 0 saturated heterocycles. The van der Waals surface area contributed by atoms with E-state index in [2.05, 4.69) is 43.5 Å². The highest BCUT2D eigenvalue weighted by Crippen LogP contribution is 2.16. The van der Waals surface area contributed by atoms with E-state index in [9.17, 15) is 19.8 Å². The minimum Gasteiger partial charge on any atom is -0.466 e. The molecule has 0 saturated carbocycles. The number of carbonyl (C=O) groups excluding carboxylic acids is 2. The molecule has 6 nitrogen and oxygen atoms in total.